The third-order valence-electron chi connectivity index (χ3n) is 4.35. The highest BCUT2D eigenvalue weighted by Crippen LogP contribution is 2.28. The molecule has 0 aliphatic heterocycles. The van der Waals surface area contributed by atoms with Crippen LogP contribution in [0.3, 0.4) is 0 Å². The summed E-state index contributed by atoms with van der Waals surface area (Å²) in [7, 11) is 3.75. The maximum absolute atomic E-state index is 5.51. The van der Waals surface area contributed by atoms with E-state index in [2.05, 4.69) is 59.9 Å². The van der Waals surface area contributed by atoms with Crippen LogP contribution >= 0.6 is 12.4 Å². The predicted octanol–water partition coefficient (Wildman–Crippen LogP) is 4.82. The lowest BCUT2D eigenvalue weighted by atomic mass is 9.90. The van der Waals surface area contributed by atoms with Crippen LogP contribution in [0.1, 0.15) is 17.0 Å². The van der Waals surface area contributed by atoms with Crippen molar-refractivity contribution in [2.24, 2.45) is 0 Å². The number of hydrogen-bond acceptors (Lipinski definition) is 2. The molecule has 0 fully saturated rings. The van der Waals surface area contributed by atoms with Crippen LogP contribution < -0.4 is 10.1 Å². The quantitative estimate of drug-likeness (QED) is 0.694. The number of benzene rings is 3. The van der Waals surface area contributed by atoms with Crippen molar-refractivity contribution >= 4 is 23.2 Å². The molecule has 24 heavy (non-hydrogen) atoms. The molecule has 0 saturated heterocycles. The van der Waals surface area contributed by atoms with E-state index in [9.17, 15) is 0 Å². The van der Waals surface area contributed by atoms with E-state index in [1.54, 1.807) is 7.11 Å². The Hall–Kier alpha value is -2.03. The van der Waals surface area contributed by atoms with Crippen molar-refractivity contribution in [3.05, 3.63) is 77.9 Å². The summed E-state index contributed by atoms with van der Waals surface area (Å²) in [5.74, 6) is 1.38. The second kappa shape index (κ2) is 8.72. The molecule has 0 radical (unpaired) electrons. The fraction of sp³-hybridized carbons (Fsp3) is 0.238. The van der Waals surface area contributed by atoms with Gasteiger partial charge in [0.15, 0.2) is 0 Å². The summed E-state index contributed by atoms with van der Waals surface area (Å²) in [5.41, 5.74) is 2.62. The van der Waals surface area contributed by atoms with Gasteiger partial charge in [-0.2, -0.15) is 0 Å². The molecule has 0 amide bonds. The van der Waals surface area contributed by atoms with Gasteiger partial charge in [-0.25, -0.2) is 0 Å². The minimum absolute atomic E-state index is 0. The van der Waals surface area contributed by atoms with Crippen LogP contribution in [0.15, 0.2) is 66.7 Å². The SMILES string of the molecule is CNC[C@@H](Cc1ccccc1OC)c1ccc2ccccc2c1.Cl. The first kappa shape index (κ1) is 18.3. The zero-order valence-corrected chi connectivity index (χ0v) is 15.0. The van der Waals surface area contributed by atoms with Crippen LogP contribution in [-0.4, -0.2) is 20.7 Å². The van der Waals surface area contributed by atoms with E-state index in [1.165, 1.54) is 21.9 Å². The van der Waals surface area contributed by atoms with Crippen molar-refractivity contribution in [2.45, 2.75) is 12.3 Å². The van der Waals surface area contributed by atoms with Crippen LogP contribution in [-0.2, 0) is 6.42 Å². The van der Waals surface area contributed by atoms with Gasteiger partial charge in [-0.3, -0.25) is 0 Å². The molecule has 126 valence electrons. The highest BCUT2D eigenvalue weighted by molar-refractivity contribution is 5.85. The molecule has 3 heteroatoms. The van der Waals surface area contributed by atoms with Crippen molar-refractivity contribution in [2.75, 3.05) is 20.7 Å². The van der Waals surface area contributed by atoms with E-state index in [0.717, 1.165) is 18.7 Å². The number of rotatable bonds is 6. The van der Waals surface area contributed by atoms with Crippen LogP contribution in [0.4, 0.5) is 0 Å². The molecule has 0 aliphatic carbocycles. The van der Waals surface area contributed by atoms with E-state index >= 15 is 0 Å². The maximum atomic E-state index is 5.51. The number of likely N-dealkylation sites (N-methyl/N-ethyl adjacent to an activating group) is 1. The Morgan fingerprint density at radius 2 is 1.62 bits per heavy atom. The number of hydrogen-bond donors (Lipinski definition) is 1. The van der Waals surface area contributed by atoms with Crippen LogP contribution in [0, 0.1) is 0 Å². The number of methoxy groups -OCH3 is 1. The molecule has 0 aliphatic rings. The van der Waals surface area contributed by atoms with Gasteiger partial charge in [0.05, 0.1) is 7.11 Å². The average Bonchev–Trinajstić information content (AvgIpc) is 2.61. The lowest BCUT2D eigenvalue weighted by Gasteiger charge is -2.19. The van der Waals surface area contributed by atoms with E-state index in [0.29, 0.717) is 5.92 Å². The molecule has 0 heterocycles. The Kier molecular flexibility index (Phi) is 6.65. The summed E-state index contributed by atoms with van der Waals surface area (Å²) in [6, 6.07) is 23.6. The first-order valence-corrected chi connectivity index (χ1v) is 8.07. The standard InChI is InChI=1S/C21H23NO.ClH/c1-22-15-20(14-19-9-5-6-10-21(19)23-2)18-12-11-16-7-3-4-8-17(16)13-18;/h3-13,20,22H,14-15H2,1-2H3;1H/t20-;/m1./s1. The molecule has 3 rings (SSSR count). The molecule has 3 aromatic carbocycles. The summed E-state index contributed by atoms with van der Waals surface area (Å²) in [6.45, 7) is 0.941. The average molecular weight is 342 g/mol. The highest BCUT2D eigenvalue weighted by Gasteiger charge is 2.14. The maximum Gasteiger partial charge on any atom is 0.122 e. The number of ether oxygens (including phenoxy) is 1. The summed E-state index contributed by atoms with van der Waals surface area (Å²) in [5, 5.41) is 5.92. The van der Waals surface area contributed by atoms with E-state index in [-0.39, 0.29) is 12.4 Å². The van der Waals surface area contributed by atoms with Crippen LogP contribution in [0.5, 0.6) is 5.75 Å². The van der Waals surface area contributed by atoms with Gasteiger partial charge in [-0.1, -0.05) is 60.7 Å². The van der Waals surface area contributed by atoms with Gasteiger partial charge in [0.2, 0.25) is 0 Å². The molecule has 3 aromatic rings. The molecule has 0 unspecified atom stereocenters. The van der Waals surface area contributed by atoms with Crippen molar-refractivity contribution in [3.63, 3.8) is 0 Å². The predicted molar refractivity (Wildman–Crippen MR) is 105 cm³/mol. The molecule has 0 saturated carbocycles. The summed E-state index contributed by atoms with van der Waals surface area (Å²) in [4.78, 5) is 0. The molecule has 0 bridgehead atoms. The summed E-state index contributed by atoms with van der Waals surface area (Å²) in [6.07, 6.45) is 0.962. The lowest BCUT2D eigenvalue weighted by Crippen LogP contribution is -2.19. The van der Waals surface area contributed by atoms with Gasteiger partial charge in [-0.05, 0) is 41.4 Å². The van der Waals surface area contributed by atoms with Crippen molar-refractivity contribution in [3.8, 4) is 5.75 Å². The molecule has 0 spiro atoms. The first-order valence-electron chi connectivity index (χ1n) is 8.07. The van der Waals surface area contributed by atoms with Gasteiger partial charge < -0.3 is 10.1 Å². The molecule has 1 N–H and O–H groups in total. The van der Waals surface area contributed by atoms with Crippen LogP contribution in [0.2, 0.25) is 0 Å². The number of halogens is 1. The zero-order valence-electron chi connectivity index (χ0n) is 14.2. The molecule has 2 nitrogen and oxygen atoms in total. The first-order chi connectivity index (χ1) is 11.3. The number of nitrogens with one attached hydrogen (secondary N) is 1. The topological polar surface area (TPSA) is 21.3 Å². The molecular weight excluding hydrogens is 318 g/mol. The smallest absolute Gasteiger partial charge is 0.122 e. The second-order valence-electron chi connectivity index (χ2n) is 5.88. The third-order valence-corrected chi connectivity index (χ3v) is 4.35. The van der Waals surface area contributed by atoms with Gasteiger partial charge in [0.1, 0.15) is 5.75 Å². The van der Waals surface area contributed by atoms with Gasteiger partial charge in [0.25, 0.3) is 0 Å². The Labute approximate surface area is 150 Å². The number of fused-ring (bicyclic) bond motifs is 1. The highest BCUT2D eigenvalue weighted by atomic mass is 35.5. The minimum Gasteiger partial charge on any atom is -0.496 e. The normalized spacial score (nSPS) is 11.8. The Balaban J connectivity index is 0.00000208. The Morgan fingerprint density at radius 3 is 2.38 bits per heavy atom. The van der Waals surface area contributed by atoms with Crippen molar-refractivity contribution < 1.29 is 4.74 Å². The Morgan fingerprint density at radius 1 is 0.917 bits per heavy atom. The van der Waals surface area contributed by atoms with Gasteiger partial charge in [0, 0.05) is 12.5 Å². The molecule has 0 aromatic heterocycles. The largest absolute Gasteiger partial charge is 0.496 e. The third kappa shape index (κ3) is 4.08. The van der Waals surface area contributed by atoms with Gasteiger partial charge >= 0.3 is 0 Å². The molecular formula is C21H24ClNO. The summed E-state index contributed by atoms with van der Waals surface area (Å²) < 4.78 is 5.51. The second-order valence-corrected chi connectivity index (χ2v) is 5.88. The van der Waals surface area contributed by atoms with Crippen LogP contribution in [0.25, 0.3) is 10.8 Å². The molecule has 1 atom stereocenters. The fourth-order valence-electron chi connectivity index (χ4n) is 3.15. The van der Waals surface area contributed by atoms with E-state index in [1.807, 2.05) is 19.2 Å². The minimum atomic E-state index is 0. The number of para-hydroxylation sites is 1. The Bertz CT molecular complexity index is 787. The van der Waals surface area contributed by atoms with Crippen molar-refractivity contribution in [1.82, 2.24) is 5.32 Å². The monoisotopic (exact) mass is 341 g/mol. The van der Waals surface area contributed by atoms with Gasteiger partial charge in [-0.15, -0.1) is 12.4 Å². The lowest BCUT2D eigenvalue weighted by molar-refractivity contribution is 0.407. The van der Waals surface area contributed by atoms with E-state index in [4.69, 9.17) is 4.74 Å². The fourth-order valence-corrected chi connectivity index (χ4v) is 3.15. The zero-order chi connectivity index (χ0) is 16.1. The summed E-state index contributed by atoms with van der Waals surface area (Å²) >= 11 is 0. The van der Waals surface area contributed by atoms with Crippen molar-refractivity contribution in [1.29, 1.82) is 0 Å². The van der Waals surface area contributed by atoms with E-state index < -0.39 is 0 Å².